The number of likely N-dealkylation sites (tertiary alicyclic amines) is 1. The Balaban J connectivity index is 1.37. The number of hydrogen-bond donors (Lipinski definition) is 2. The van der Waals surface area contributed by atoms with Gasteiger partial charge in [0, 0.05) is 38.3 Å². The Hall–Kier alpha value is -1.63. The lowest BCUT2D eigenvalue weighted by Gasteiger charge is -2.40. The van der Waals surface area contributed by atoms with Crippen LogP contribution in [-0.2, 0) is 17.8 Å². The lowest BCUT2D eigenvalue weighted by atomic mass is 10.0. The molecule has 1 aromatic carbocycles. The maximum atomic E-state index is 12.2. The molecule has 28 heavy (non-hydrogen) atoms. The predicted octanol–water partition coefficient (Wildman–Crippen LogP) is 2.58. The molecule has 2 aliphatic heterocycles. The first kappa shape index (κ1) is 21.1. The minimum Gasteiger partial charge on any atom is -0.379 e. The van der Waals surface area contributed by atoms with Gasteiger partial charge in [-0.05, 0) is 50.9 Å². The van der Waals surface area contributed by atoms with E-state index in [1.807, 2.05) is 0 Å². The lowest BCUT2D eigenvalue weighted by molar-refractivity contribution is -0.00874. The van der Waals surface area contributed by atoms with Crippen LogP contribution in [0.2, 0.25) is 0 Å². The number of rotatable bonds is 7. The summed E-state index contributed by atoms with van der Waals surface area (Å²) >= 11 is 0. The molecule has 156 valence electrons. The molecule has 6 heteroatoms. The minimum atomic E-state index is -0.112. The van der Waals surface area contributed by atoms with E-state index in [1.54, 1.807) is 0 Å². The van der Waals surface area contributed by atoms with E-state index in [0.29, 0.717) is 13.1 Å². The lowest BCUT2D eigenvalue weighted by Crippen LogP contribution is -2.56. The molecular weight excluding hydrogens is 352 g/mol. The van der Waals surface area contributed by atoms with E-state index in [1.165, 1.54) is 37.9 Å². The van der Waals surface area contributed by atoms with Crippen LogP contribution in [0.4, 0.5) is 4.79 Å². The molecule has 0 bridgehead atoms. The smallest absolute Gasteiger partial charge is 0.315 e. The summed E-state index contributed by atoms with van der Waals surface area (Å²) in [7, 11) is 0. The molecule has 3 rings (SSSR count). The van der Waals surface area contributed by atoms with Crippen molar-refractivity contribution in [1.29, 1.82) is 0 Å². The van der Waals surface area contributed by atoms with Crippen LogP contribution in [-0.4, -0.2) is 67.3 Å². The zero-order valence-electron chi connectivity index (χ0n) is 17.5. The van der Waals surface area contributed by atoms with Gasteiger partial charge in [-0.1, -0.05) is 30.7 Å². The van der Waals surface area contributed by atoms with E-state index in [0.717, 1.165) is 38.4 Å². The van der Waals surface area contributed by atoms with Crippen molar-refractivity contribution in [3.63, 3.8) is 0 Å². The zero-order chi connectivity index (χ0) is 19.8. The summed E-state index contributed by atoms with van der Waals surface area (Å²) in [5, 5.41) is 5.99. The van der Waals surface area contributed by atoms with E-state index in [2.05, 4.69) is 58.5 Å². The highest BCUT2D eigenvalue weighted by Crippen LogP contribution is 2.15. The summed E-state index contributed by atoms with van der Waals surface area (Å²) in [6.07, 6.45) is 4.01. The third-order valence-electron chi connectivity index (χ3n) is 5.88. The van der Waals surface area contributed by atoms with Crippen molar-refractivity contribution in [2.75, 3.05) is 45.9 Å². The Morgan fingerprint density at radius 2 is 1.61 bits per heavy atom. The fourth-order valence-electron chi connectivity index (χ4n) is 3.96. The summed E-state index contributed by atoms with van der Waals surface area (Å²) in [6, 6.07) is 8.50. The first-order valence-corrected chi connectivity index (χ1v) is 10.7. The van der Waals surface area contributed by atoms with E-state index in [9.17, 15) is 4.79 Å². The van der Waals surface area contributed by atoms with Crippen molar-refractivity contribution in [2.45, 2.75) is 51.7 Å². The molecule has 0 aromatic heterocycles. The predicted molar refractivity (Wildman–Crippen MR) is 112 cm³/mol. The van der Waals surface area contributed by atoms with Gasteiger partial charge in [-0.25, -0.2) is 4.79 Å². The van der Waals surface area contributed by atoms with Gasteiger partial charge in [0.1, 0.15) is 0 Å². The molecule has 2 N–H and O–H groups in total. The highest BCUT2D eigenvalue weighted by molar-refractivity contribution is 5.73. The van der Waals surface area contributed by atoms with Gasteiger partial charge < -0.3 is 15.4 Å². The number of piperidine rings is 1. The number of benzene rings is 1. The van der Waals surface area contributed by atoms with Gasteiger partial charge in [-0.3, -0.25) is 9.80 Å². The first-order valence-electron chi connectivity index (χ1n) is 10.7. The summed E-state index contributed by atoms with van der Waals surface area (Å²) in [5.74, 6) is 0. The quantitative estimate of drug-likeness (QED) is 0.754. The molecule has 1 aromatic rings. The third kappa shape index (κ3) is 6.47. The highest BCUT2D eigenvalue weighted by Gasteiger charge is 2.28. The number of carbonyl (C=O) groups excluding carboxylic acids is 1. The number of ether oxygens (including phenoxy) is 1. The van der Waals surface area contributed by atoms with Crippen LogP contribution in [0.15, 0.2) is 24.3 Å². The average Bonchev–Trinajstić information content (AvgIpc) is 2.73. The maximum Gasteiger partial charge on any atom is 0.315 e. The van der Waals surface area contributed by atoms with E-state index >= 15 is 0 Å². The number of nitrogens with zero attached hydrogens (tertiary/aromatic N) is 2. The first-order chi connectivity index (χ1) is 13.5. The second kappa shape index (κ2) is 10.2. The standard InChI is InChI=1S/C22H36N4O2/c1-22(2,26-12-14-28-15-13-26)18-24-21(27)23-16-19-6-8-20(9-7-19)17-25-10-4-3-5-11-25/h6-9H,3-5,10-18H2,1-2H3,(H2,23,24,27). The summed E-state index contributed by atoms with van der Waals surface area (Å²) in [4.78, 5) is 17.1. The minimum absolute atomic E-state index is 0.0722. The summed E-state index contributed by atoms with van der Waals surface area (Å²) in [6.45, 7) is 12.3. The number of hydrogen-bond acceptors (Lipinski definition) is 4. The van der Waals surface area contributed by atoms with Gasteiger partial charge in [-0.15, -0.1) is 0 Å². The zero-order valence-corrected chi connectivity index (χ0v) is 17.5. The molecule has 2 aliphatic rings. The van der Waals surface area contributed by atoms with E-state index in [4.69, 9.17) is 4.74 Å². The fraction of sp³-hybridized carbons (Fsp3) is 0.682. The van der Waals surface area contributed by atoms with Crippen molar-refractivity contribution in [2.24, 2.45) is 0 Å². The summed E-state index contributed by atoms with van der Waals surface area (Å²) in [5.41, 5.74) is 2.41. The highest BCUT2D eigenvalue weighted by atomic mass is 16.5. The molecule has 0 saturated carbocycles. The number of morpholine rings is 1. The van der Waals surface area contributed by atoms with Crippen LogP contribution < -0.4 is 10.6 Å². The topological polar surface area (TPSA) is 56.8 Å². The van der Waals surface area contributed by atoms with Crippen LogP contribution in [0.25, 0.3) is 0 Å². The van der Waals surface area contributed by atoms with Crippen molar-refractivity contribution >= 4 is 6.03 Å². The second-order valence-corrected chi connectivity index (χ2v) is 8.60. The molecule has 2 saturated heterocycles. The van der Waals surface area contributed by atoms with Crippen LogP contribution in [0.3, 0.4) is 0 Å². The number of amides is 2. The fourth-order valence-corrected chi connectivity index (χ4v) is 3.96. The van der Waals surface area contributed by atoms with Crippen molar-refractivity contribution in [3.8, 4) is 0 Å². The number of urea groups is 1. The monoisotopic (exact) mass is 388 g/mol. The average molecular weight is 389 g/mol. The third-order valence-corrected chi connectivity index (χ3v) is 5.88. The molecule has 6 nitrogen and oxygen atoms in total. The van der Waals surface area contributed by atoms with Gasteiger partial charge >= 0.3 is 6.03 Å². The molecule has 0 unspecified atom stereocenters. The largest absolute Gasteiger partial charge is 0.379 e. The number of carbonyl (C=O) groups is 1. The Morgan fingerprint density at radius 1 is 0.964 bits per heavy atom. The van der Waals surface area contributed by atoms with Gasteiger partial charge in [0.05, 0.1) is 13.2 Å². The van der Waals surface area contributed by atoms with Crippen LogP contribution in [0, 0.1) is 0 Å². The molecule has 0 atom stereocenters. The molecule has 0 radical (unpaired) electrons. The van der Waals surface area contributed by atoms with Crippen LogP contribution in [0.1, 0.15) is 44.2 Å². The second-order valence-electron chi connectivity index (χ2n) is 8.60. The van der Waals surface area contributed by atoms with Gasteiger partial charge in [-0.2, -0.15) is 0 Å². The van der Waals surface area contributed by atoms with Crippen molar-refractivity contribution < 1.29 is 9.53 Å². The summed E-state index contributed by atoms with van der Waals surface area (Å²) < 4.78 is 5.41. The maximum absolute atomic E-state index is 12.2. The normalized spacial score (nSPS) is 19.4. The van der Waals surface area contributed by atoms with Crippen molar-refractivity contribution in [3.05, 3.63) is 35.4 Å². The molecule has 2 fully saturated rings. The van der Waals surface area contributed by atoms with Gasteiger partial charge in [0.2, 0.25) is 0 Å². The molecular formula is C22H36N4O2. The van der Waals surface area contributed by atoms with E-state index < -0.39 is 0 Å². The SMILES string of the molecule is CC(C)(CNC(=O)NCc1ccc(CN2CCCCC2)cc1)N1CCOCC1. The Kier molecular flexibility index (Phi) is 7.71. The van der Waals surface area contributed by atoms with E-state index in [-0.39, 0.29) is 11.6 Å². The number of nitrogens with one attached hydrogen (secondary N) is 2. The van der Waals surface area contributed by atoms with Gasteiger partial charge in [0.25, 0.3) is 0 Å². The Bertz CT molecular complexity index is 605. The molecule has 0 spiro atoms. The molecule has 0 aliphatic carbocycles. The van der Waals surface area contributed by atoms with Crippen LogP contribution in [0.5, 0.6) is 0 Å². The Labute approximate surface area is 169 Å². The molecule has 2 heterocycles. The van der Waals surface area contributed by atoms with Crippen molar-refractivity contribution in [1.82, 2.24) is 20.4 Å². The Morgan fingerprint density at radius 3 is 2.29 bits per heavy atom. The van der Waals surface area contributed by atoms with Crippen LogP contribution >= 0.6 is 0 Å². The molecule has 2 amide bonds. The van der Waals surface area contributed by atoms with Gasteiger partial charge in [0.15, 0.2) is 0 Å².